The van der Waals surface area contributed by atoms with Crippen molar-refractivity contribution in [3.8, 4) is 5.75 Å². The average molecular weight is 284 g/mol. The minimum absolute atomic E-state index is 0.574. The first-order valence-electron chi connectivity index (χ1n) is 5.88. The lowest BCUT2D eigenvalue weighted by atomic mass is 9.95. The molecule has 1 aromatic rings. The maximum atomic E-state index is 5.61. The summed E-state index contributed by atoms with van der Waals surface area (Å²) in [6.07, 6.45) is 1.09. The molecule has 1 aromatic carbocycles. The fourth-order valence-corrected chi connectivity index (χ4v) is 2.68. The molecule has 0 fully saturated rings. The highest BCUT2D eigenvalue weighted by Gasteiger charge is 2.16. The van der Waals surface area contributed by atoms with Gasteiger partial charge < -0.3 is 10.1 Å². The Balaban J connectivity index is 2.40. The summed E-state index contributed by atoms with van der Waals surface area (Å²) in [6, 6.07) is 4.41. The average Bonchev–Trinajstić information content (AvgIpc) is 2.43. The lowest BCUT2D eigenvalue weighted by molar-refractivity contribution is 0.337. The Kier molecular flexibility index (Phi) is 3.87. The third-order valence-electron chi connectivity index (χ3n) is 3.05. The van der Waals surface area contributed by atoms with Gasteiger partial charge in [0.25, 0.3) is 0 Å². The van der Waals surface area contributed by atoms with Gasteiger partial charge in [0.1, 0.15) is 5.75 Å². The van der Waals surface area contributed by atoms with Crippen LogP contribution in [0.25, 0.3) is 0 Å². The van der Waals surface area contributed by atoms with E-state index in [-0.39, 0.29) is 0 Å². The van der Waals surface area contributed by atoms with E-state index < -0.39 is 0 Å². The number of fused-ring (bicyclic) bond motifs is 1. The van der Waals surface area contributed by atoms with Gasteiger partial charge in [-0.2, -0.15) is 0 Å². The molecule has 0 unspecified atom stereocenters. The summed E-state index contributed by atoms with van der Waals surface area (Å²) in [6.45, 7) is 7.12. The number of hydrogen-bond donors (Lipinski definition) is 1. The second-order valence-electron chi connectivity index (χ2n) is 4.27. The third-order valence-corrected chi connectivity index (χ3v) is 3.67. The van der Waals surface area contributed by atoms with Crippen LogP contribution in [0.1, 0.15) is 30.9 Å². The summed E-state index contributed by atoms with van der Waals surface area (Å²) in [5.41, 5.74) is 2.87. The van der Waals surface area contributed by atoms with E-state index in [0.29, 0.717) is 12.5 Å². The molecule has 1 heterocycles. The highest BCUT2D eigenvalue weighted by atomic mass is 79.9. The van der Waals surface area contributed by atoms with E-state index in [1.807, 2.05) is 6.92 Å². The molecular formula is C13H18BrNO. The topological polar surface area (TPSA) is 21.3 Å². The molecule has 0 amide bonds. The van der Waals surface area contributed by atoms with Crippen LogP contribution in [0.4, 0.5) is 0 Å². The van der Waals surface area contributed by atoms with E-state index in [4.69, 9.17) is 4.74 Å². The first kappa shape index (κ1) is 11.9. The van der Waals surface area contributed by atoms with Crippen LogP contribution in [-0.4, -0.2) is 19.7 Å². The van der Waals surface area contributed by atoms with Crippen molar-refractivity contribution in [1.29, 1.82) is 0 Å². The van der Waals surface area contributed by atoms with Gasteiger partial charge in [-0.25, -0.2) is 0 Å². The van der Waals surface area contributed by atoms with Crippen LogP contribution in [0.15, 0.2) is 16.6 Å². The summed E-state index contributed by atoms with van der Waals surface area (Å²) in [4.78, 5) is 0. The molecule has 0 saturated carbocycles. The first-order valence-corrected chi connectivity index (χ1v) is 6.67. The highest BCUT2D eigenvalue weighted by Crippen LogP contribution is 2.33. The zero-order valence-electron chi connectivity index (χ0n) is 9.85. The molecule has 3 heteroatoms. The lowest BCUT2D eigenvalue weighted by Crippen LogP contribution is -2.18. The highest BCUT2D eigenvalue weighted by molar-refractivity contribution is 9.10. The monoisotopic (exact) mass is 283 g/mol. The van der Waals surface area contributed by atoms with Crippen molar-refractivity contribution in [2.45, 2.75) is 26.2 Å². The molecule has 1 aliphatic rings. The Labute approximate surface area is 106 Å². The van der Waals surface area contributed by atoms with Gasteiger partial charge in [0.05, 0.1) is 11.1 Å². The van der Waals surface area contributed by atoms with E-state index in [1.165, 1.54) is 11.1 Å². The van der Waals surface area contributed by atoms with Gasteiger partial charge >= 0.3 is 0 Å². The van der Waals surface area contributed by atoms with E-state index in [1.54, 1.807) is 0 Å². The molecule has 0 radical (unpaired) electrons. The third kappa shape index (κ3) is 2.41. The molecule has 0 aliphatic carbocycles. The van der Waals surface area contributed by atoms with Crippen LogP contribution in [0.2, 0.25) is 0 Å². The standard InChI is InChI=1S/C13H18BrNO/c1-3-16-13-6-10-4-5-15-8-9(2)11(10)7-12(13)14/h6-7,9,15H,3-5,8H2,1-2H3/t9-/m1/s1. The van der Waals surface area contributed by atoms with Gasteiger partial charge in [0.2, 0.25) is 0 Å². The number of benzene rings is 1. The van der Waals surface area contributed by atoms with Crippen molar-refractivity contribution in [1.82, 2.24) is 5.32 Å². The van der Waals surface area contributed by atoms with Gasteiger partial charge in [-0.1, -0.05) is 6.92 Å². The van der Waals surface area contributed by atoms with Crippen LogP contribution >= 0.6 is 15.9 Å². The maximum Gasteiger partial charge on any atom is 0.133 e. The molecular weight excluding hydrogens is 266 g/mol. The van der Waals surface area contributed by atoms with Gasteiger partial charge in [-0.3, -0.25) is 0 Å². The van der Waals surface area contributed by atoms with Crippen LogP contribution < -0.4 is 10.1 Å². The molecule has 1 N–H and O–H groups in total. The predicted molar refractivity (Wildman–Crippen MR) is 70.3 cm³/mol. The van der Waals surface area contributed by atoms with E-state index in [0.717, 1.165) is 29.7 Å². The van der Waals surface area contributed by atoms with Gasteiger partial charge in [-0.05, 0) is 65.0 Å². The Bertz CT molecular complexity index is 378. The van der Waals surface area contributed by atoms with Crippen molar-refractivity contribution >= 4 is 15.9 Å². The van der Waals surface area contributed by atoms with Crippen LogP contribution in [0, 0.1) is 0 Å². The summed E-state index contributed by atoms with van der Waals surface area (Å²) in [5, 5.41) is 3.46. The zero-order valence-corrected chi connectivity index (χ0v) is 11.4. The maximum absolute atomic E-state index is 5.61. The molecule has 2 rings (SSSR count). The molecule has 1 atom stereocenters. The summed E-state index contributed by atoms with van der Waals surface area (Å²) in [5.74, 6) is 1.54. The van der Waals surface area contributed by atoms with Crippen LogP contribution in [0.5, 0.6) is 5.75 Å². The van der Waals surface area contributed by atoms with E-state index in [9.17, 15) is 0 Å². The molecule has 2 nitrogen and oxygen atoms in total. The molecule has 0 bridgehead atoms. The van der Waals surface area contributed by atoms with Crippen molar-refractivity contribution < 1.29 is 4.74 Å². The van der Waals surface area contributed by atoms with Crippen LogP contribution in [-0.2, 0) is 6.42 Å². The molecule has 16 heavy (non-hydrogen) atoms. The second-order valence-corrected chi connectivity index (χ2v) is 5.12. The summed E-state index contributed by atoms with van der Waals surface area (Å²) < 4.78 is 6.68. The van der Waals surface area contributed by atoms with Crippen molar-refractivity contribution in [2.75, 3.05) is 19.7 Å². The Morgan fingerprint density at radius 1 is 1.50 bits per heavy atom. The minimum atomic E-state index is 0.574. The molecule has 1 aliphatic heterocycles. The van der Waals surface area contributed by atoms with Crippen LogP contribution in [0.3, 0.4) is 0 Å². The molecule has 0 saturated heterocycles. The van der Waals surface area contributed by atoms with Crippen molar-refractivity contribution in [2.24, 2.45) is 0 Å². The fourth-order valence-electron chi connectivity index (χ4n) is 2.20. The number of halogens is 1. The van der Waals surface area contributed by atoms with E-state index >= 15 is 0 Å². The smallest absolute Gasteiger partial charge is 0.133 e. The zero-order chi connectivity index (χ0) is 11.5. The fraction of sp³-hybridized carbons (Fsp3) is 0.538. The quantitative estimate of drug-likeness (QED) is 0.901. The van der Waals surface area contributed by atoms with Gasteiger partial charge in [0, 0.05) is 6.54 Å². The van der Waals surface area contributed by atoms with Crippen molar-refractivity contribution in [3.05, 3.63) is 27.7 Å². The second kappa shape index (κ2) is 5.19. The van der Waals surface area contributed by atoms with E-state index in [2.05, 4.69) is 40.3 Å². The van der Waals surface area contributed by atoms with Gasteiger partial charge in [-0.15, -0.1) is 0 Å². The molecule has 0 spiro atoms. The number of ether oxygens (including phenoxy) is 1. The number of hydrogen-bond acceptors (Lipinski definition) is 2. The van der Waals surface area contributed by atoms with Crippen molar-refractivity contribution in [3.63, 3.8) is 0 Å². The lowest BCUT2D eigenvalue weighted by Gasteiger charge is -2.15. The summed E-state index contributed by atoms with van der Waals surface area (Å²) >= 11 is 3.58. The first-order chi connectivity index (χ1) is 7.72. The molecule has 0 aromatic heterocycles. The Morgan fingerprint density at radius 2 is 2.31 bits per heavy atom. The van der Waals surface area contributed by atoms with Gasteiger partial charge in [0.15, 0.2) is 0 Å². The largest absolute Gasteiger partial charge is 0.493 e. The SMILES string of the molecule is CCOc1cc2c(cc1Br)[C@H](C)CNCC2. The Hall–Kier alpha value is -0.540. The normalized spacial score (nSPS) is 20.1. The predicted octanol–water partition coefficient (Wildman–Crippen LogP) is 3.10. The Morgan fingerprint density at radius 3 is 3.06 bits per heavy atom. The number of rotatable bonds is 2. The summed E-state index contributed by atoms with van der Waals surface area (Å²) in [7, 11) is 0. The minimum Gasteiger partial charge on any atom is -0.493 e. The molecule has 88 valence electrons. The number of nitrogens with one attached hydrogen (secondary N) is 1.